The van der Waals surface area contributed by atoms with E-state index in [1.807, 2.05) is 0 Å². The summed E-state index contributed by atoms with van der Waals surface area (Å²) in [6, 6.07) is 4.93. The van der Waals surface area contributed by atoms with Crippen LogP contribution in [0.2, 0.25) is 0 Å². The Morgan fingerprint density at radius 1 is 1.45 bits per heavy atom. The zero-order valence-corrected chi connectivity index (χ0v) is 10.1. The molecule has 1 rings (SSSR count). The van der Waals surface area contributed by atoms with Gasteiger partial charge >= 0.3 is 0 Å². The van der Waals surface area contributed by atoms with E-state index in [9.17, 15) is 0 Å². The Balaban J connectivity index is 0.000001000. The van der Waals surface area contributed by atoms with Gasteiger partial charge in [0.25, 0.3) is 0 Å². The Labute approximate surface area is 83.7 Å². The number of phenols is 1. The van der Waals surface area contributed by atoms with E-state index < -0.39 is 0 Å². The average molecular weight is 222 g/mol. The standard InChI is InChI=1S/C7H8O2S.Zn/c1-9-5-2-3-7(10)6(8)4-5;/h2-4,8,10H,1H3;. The second kappa shape index (κ2) is 4.63. The summed E-state index contributed by atoms with van der Waals surface area (Å²) in [6.45, 7) is 0. The number of benzene rings is 1. The zero-order chi connectivity index (χ0) is 7.56. The van der Waals surface area contributed by atoms with E-state index in [2.05, 4.69) is 12.6 Å². The molecule has 0 aliphatic heterocycles. The third-order valence-corrected chi connectivity index (χ3v) is 1.56. The van der Waals surface area contributed by atoms with Gasteiger partial charge in [0.15, 0.2) is 0 Å². The van der Waals surface area contributed by atoms with E-state index in [1.165, 1.54) is 6.07 Å². The van der Waals surface area contributed by atoms with E-state index in [1.54, 1.807) is 19.2 Å². The number of hydrogen-bond donors (Lipinski definition) is 2. The van der Waals surface area contributed by atoms with Crippen molar-refractivity contribution in [1.82, 2.24) is 0 Å². The summed E-state index contributed by atoms with van der Waals surface area (Å²) < 4.78 is 4.86. The van der Waals surface area contributed by atoms with Gasteiger partial charge in [-0.05, 0) is 12.1 Å². The minimum atomic E-state index is 0. The fourth-order valence-corrected chi connectivity index (χ4v) is 0.769. The molecule has 56 valence electrons. The van der Waals surface area contributed by atoms with Gasteiger partial charge in [0.1, 0.15) is 11.5 Å². The minimum absolute atomic E-state index is 0. The zero-order valence-electron chi connectivity index (χ0n) is 6.24. The Morgan fingerprint density at radius 2 is 2.09 bits per heavy atom. The van der Waals surface area contributed by atoms with Crippen molar-refractivity contribution in [3.05, 3.63) is 18.2 Å². The Morgan fingerprint density at radius 3 is 2.55 bits per heavy atom. The van der Waals surface area contributed by atoms with E-state index >= 15 is 0 Å². The number of rotatable bonds is 1. The molecule has 0 fully saturated rings. The molecule has 1 aromatic carbocycles. The maximum Gasteiger partial charge on any atom is 0.132 e. The largest absolute Gasteiger partial charge is 0.507 e. The molecule has 0 bridgehead atoms. The summed E-state index contributed by atoms with van der Waals surface area (Å²) in [7, 11) is 1.55. The van der Waals surface area contributed by atoms with Gasteiger partial charge in [-0.25, -0.2) is 0 Å². The van der Waals surface area contributed by atoms with E-state index in [-0.39, 0.29) is 25.2 Å². The summed E-state index contributed by atoms with van der Waals surface area (Å²) >= 11 is 3.98. The summed E-state index contributed by atoms with van der Waals surface area (Å²) in [5, 5.41) is 9.07. The molecule has 0 radical (unpaired) electrons. The first-order valence-corrected chi connectivity index (χ1v) is 3.24. The molecule has 0 heterocycles. The third-order valence-electron chi connectivity index (χ3n) is 1.18. The van der Waals surface area contributed by atoms with Crippen LogP contribution in [0.25, 0.3) is 0 Å². The van der Waals surface area contributed by atoms with Crippen LogP contribution in [-0.2, 0) is 19.5 Å². The topological polar surface area (TPSA) is 29.5 Å². The normalized spacial score (nSPS) is 8.55. The molecule has 1 aromatic rings. The first-order chi connectivity index (χ1) is 4.74. The van der Waals surface area contributed by atoms with Crippen molar-refractivity contribution in [3.63, 3.8) is 0 Å². The molecule has 0 aromatic heterocycles. The molecular formula is C7H8O2SZn. The predicted octanol–water partition coefficient (Wildman–Crippen LogP) is 1.69. The van der Waals surface area contributed by atoms with Crippen molar-refractivity contribution in [1.29, 1.82) is 0 Å². The Hall–Kier alpha value is -0.207. The summed E-state index contributed by atoms with van der Waals surface area (Å²) in [4.78, 5) is 0.556. The quantitative estimate of drug-likeness (QED) is 0.558. The van der Waals surface area contributed by atoms with Gasteiger partial charge in [0.2, 0.25) is 0 Å². The number of hydrogen-bond acceptors (Lipinski definition) is 3. The number of phenolic OH excluding ortho intramolecular Hbond substituents is 1. The number of thiol groups is 1. The molecule has 2 nitrogen and oxygen atoms in total. The SMILES string of the molecule is COc1ccc(S)c(O)c1.[Zn]. The predicted molar refractivity (Wildman–Crippen MR) is 41.9 cm³/mol. The summed E-state index contributed by atoms with van der Waals surface area (Å²) in [5.41, 5.74) is 0. The molecule has 4 heteroatoms. The van der Waals surface area contributed by atoms with E-state index in [0.29, 0.717) is 10.6 Å². The number of aromatic hydroxyl groups is 1. The van der Waals surface area contributed by atoms with Crippen LogP contribution >= 0.6 is 12.6 Å². The van der Waals surface area contributed by atoms with Crippen LogP contribution in [-0.4, -0.2) is 12.2 Å². The maximum atomic E-state index is 9.07. The van der Waals surface area contributed by atoms with Gasteiger partial charge in [-0.2, -0.15) is 0 Å². The second-order valence-electron chi connectivity index (χ2n) is 1.85. The van der Waals surface area contributed by atoms with Crippen LogP contribution < -0.4 is 4.74 Å². The van der Waals surface area contributed by atoms with Crippen LogP contribution in [0.5, 0.6) is 11.5 Å². The molecule has 0 amide bonds. The van der Waals surface area contributed by atoms with Crippen LogP contribution in [0.1, 0.15) is 0 Å². The van der Waals surface area contributed by atoms with Gasteiger partial charge in [0, 0.05) is 30.4 Å². The van der Waals surface area contributed by atoms with Gasteiger partial charge in [-0.3, -0.25) is 0 Å². The third kappa shape index (κ3) is 2.72. The smallest absolute Gasteiger partial charge is 0.132 e. The number of ether oxygens (including phenoxy) is 1. The molecule has 11 heavy (non-hydrogen) atoms. The van der Waals surface area contributed by atoms with Crippen molar-refractivity contribution < 1.29 is 29.3 Å². The molecule has 1 N–H and O–H groups in total. The van der Waals surface area contributed by atoms with Crippen LogP contribution in [0.15, 0.2) is 23.1 Å². The minimum Gasteiger partial charge on any atom is -0.507 e. The van der Waals surface area contributed by atoms with Gasteiger partial charge in [-0.1, -0.05) is 0 Å². The fourth-order valence-electron chi connectivity index (χ4n) is 0.630. The van der Waals surface area contributed by atoms with Crippen molar-refractivity contribution in [2.45, 2.75) is 4.90 Å². The molecular weight excluding hydrogens is 214 g/mol. The summed E-state index contributed by atoms with van der Waals surface area (Å²) in [6.07, 6.45) is 0. The molecule has 0 spiro atoms. The van der Waals surface area contributed by atoms with Gasteiger partial charge in [0.05, 0.1) is 7.11 Å². The number of methoxy groups -OCH3 is 1. The van der Waals surface area contributed by atoms with Crippen molar-refractivity contribution in [3.8, 4) is 11.5 Å². The second-order valence-corrected chi connectivity index (χ2v) is 2.34. The molecule has 0 aliphatic carbocycles. The monoisotopic (exact) mass is 220 g/mol. The molecule has 0 saturated heterocycles. The van der Waals surface area contributed by atoms with Gasteiger partial charge in [-0.15, -0.1) is 12.6 Å². The van der Waals surface area contributed by atoms with Crippen LogP contribution in [0.4, 0.5) is 0 Å². The first-order valence-electron chi connectivity index (χ1n) is 2.80. The van der Waals surface area contributed by atoms with Crippen molar-refractivity contribution in [2.75, 3.05) is 7.11 Å². The van der Waals surface area contributed by atoms with E-state index in [0.717, 1.165) is 0 Å². The van der Waals surface area contributed by atoms with Crippen molar-refractivity contribution >= 4 is 12.6 Å². The molecule has 0 atom stereocenters. The maximum absolute atomic E-state index is 9.07. The first kappa shape index (κ1) is 10.8. The average Bonchev–Trinajstić information content (AvgIpc) is 1.95. The Kier molecular flexibility index (Phi) is 4.54. The molecule has 0 saturated carbocycles. The summed E-state index contributed by atoms with van der Waals surface area (Å²) in [5.74, 6) is 0.776. The van der Waals surface area contributed by atoms with Gasteiger partial charge < -0.3 is 9.84 Å². The Bertz CT molecular complexity index is 240. The fraction of sp³-hybridized carbons (Fsp3) is 0.143. The molecule has 0 unspecified atom stereocenters. The van der Waals surface area contributed by atoms with Crippen LogP contribution in [0.3, 0.4) is 0 Å². The molecule has 0 aliphatic rings. The van der Waals surface area contributed by atoms with E-state index in [4.69, 9.17) is 9.84 Å². The van der Waals surface area contributed by atoms with Crippen LogP contribution in [0, 0.1) is 0 Å². The van der Waals surface area contributed by atoms with Crippen molar-refractivity contribution in [2.24, 2.45) is 0 Å².